The summed E-state index contributed by atoms with van der Waals surface area (Å²) in [7, 11) is 0. The number of aromatic nitrogens is 2. The monoisotopic (exact) mass is 544 g/mol. The van der Waals surface area contributed by atoms with Gasteiger partial charge in [0.2, 0.25) is 0 Å². The summed E-state index contributed by atoms with van der Waals surface area (Å²) in [6.07, 6.45) is -1.21. The summed E-state index contributed by atoms with van der Waals surface area (Å²) in [5.41, 5.74) is 0.590. The topological polar surface area (TPSA) is 59.5 Å². The fourth-order valence-electron chi connectivity index (χ4n) is 4.85. The molecule has 38 heavy (non-hydrogen) atoms. The Balaban J connectivity index is 1.46. The number of hydrogen-bond donors (Lipinski definition) is 1. The lowest BCUT2D eigenvalue weighted by Crippen LogP contribution is -2.36. The van der Waals surface area contributed by atoms with E-state index in [4.69, 9.17) is 14.5 Å². The zero-order valence-electron chi connectivity index (χ0n) is 21.4. The van der Waals surface area contributed by atoms with Gasteiger partial charge in [-0.05, 0) is 62.9 Å². The molecule has 0 aliphatic carbocycles. The van der Waals surface area contributed by atoms with Crippen molar-refractivity contribution in [1.82, 2.24) is 9.97 Å². The van der Waals surface area contributed by atoms with Gasteiger partial charge in [0.05, 0.1) is 17.9 Å². The number of aryl methyl sites for hydroxylation is 1. The highest BCUT2D eigenvalue weighted by Crippen LogP contribution is 2.39. The minimum atomic E-state index is -4.51. The molecule has 1 N–H and O–H groups in total. The first-order chi connectivity index (χ1) is 18.2. The van der Waals surface area contributed by atoms with Crippen LogP contribution in [0.15, 0.2) is 59.6 Å². The van der Waals surface area contributed by atoms with E-state index in [-0.39, 0.29) is 11.8 Å². The molecule has 2 aromatic heterocycles. The molecular formula is C28H31F3N4O2S. The molecule has 0 saturated carbocycles. The number of hydrogen-bond acceptors (Lipinski definition) is 7. The maximum atomic E-state index is 13.9. The summed E-state index contributed by atoms with van der Waals surface area (Å²) in [4.78, 5) is 11.5. The largest absolute Gasteiger partial charge is 0.418 e. The number of halogens is 3. The predicted molar refractivity (Wildman–Crippen MR) is 143 cm³/mol. The van der Waals surface area contributed by atoms with E-state index in [2.05, 4.69) is 14.6 Å². The lowest BCUT2D eigenvalue weighted by molar-refractivity contribution is -0.137. The molecule has 1 saturated heterocycles. The van der Waals surface area contributed by atoms with Crippen molar-refractivity contribution >= 4 is 23.6 Å². The van der Waals surface area contributed by atoms with Gasteiger partial charge in [0.1, 0.15) is 22.8 Å². The summed E-state index contributed by atoms with van der Waals surface area (Å²) < 4.78 is 56.7. The molecule has 10 heteroatoms. The van der Waals surface area contributed by atoms with Gasteiger partial charge in [-0.25, -0.2) is 9.97 Å². The molecule has 1 aromatic carbocycles. The molecule has 4 bridgehead atoms. The normalized spacial score (nSPS) is 20.0. The van der Waals surface area contributed by atoms with Crippen LogP contribution >= 0.6 is 11.9 Å². The minimum absolute atomic E-state index is 0.0552. The fourth-order valence-corrected chi connectivity index (χ4v) is 5.46. The molecular weight excluding hydrogens is 513 g/mol. The van der Waals surface area contributed by atoms with Crippen molar-refractivity contribution in [2.75, 3.05) is 29.3 Å². The Morgan fingerprint density at radius 2 is 1.87 bits per heavy atom. The van der Waals surface area contributed by atoms with Gasteiger partial charge >= 0.3 is 6.18 Å². The third kappa shape index (κ3) is 6.42. The Hall–Kier alpha value is -2.82. The second-order valence-corrected chi connectivity index (χ2v) is 10.8. The Morgan fingerprint density at radius 3 is 2.66 bits per heavy atom. The number of rotatable bonds is 2. The van der Waals surface area contributed by atoms with Crippen LogP contribution in [-0.4, -0.2) is 41.6 Å². The third-order valence-electron chi connectivity index (χ3n) is 6.63. The molecule has 5 rings (SSSR count). The number of benzene rings is 1. The summed E-state index contributed by atoms with van der Waals surface area (Å²) >= 11 is 1.22. The van der Waals surface area contributed by atoms with Gasteiger partial charge in [-0.1, -0.05) is 36.8 Å². The van der Waals surface area contributed by atoms with E-state index in [0.29, 0.717) is 36.0 Å². The van der Waals surface area contributed by atoms with Gasteiger partial charge in [0, 0.05) is 30.6 Å². The van der Waals surface area contributed by atoms with Crippen LogP contribution in [0.5, 0.6) is 0 Å². The third-order valence-corrected chi connectivity index (χ3v) is 7.38. The van der Waals surface area contributed by atoms with Gasteiger partial charge in [-0.15, -0.1) is 0 Å². The average Bonchev–Trinajstić information content (AvgIpc) is 3.23. The number of pyridine rings is 2. The first-order valence-corrected chi connectivity index (χ1v) is 13.6. The van der Waals surface area contributed by atoms with E-state index >= 15 is 0 Å². The van der Waals surface area contributed by atoms with E-state index < -0.39 is 17.5 Å². The summed E-state index contributed by atoms with van der Waals surface area (Å²) in [6.45, 7) is 5.81. The lowest BCUT2D eigenvalue weighted by Gasteiger charge is -2.27. The molecule has 0 radical (unpaired) electrons. The zero-order valence-corrected chi connectivity index (χ0v) is 22.2. The van der Waals surface area contributed by atoms with Crippen LogP contribution in [0.3, 0.4) is 0 Å². The van der Waals surface area contributed by atoms with Crippen molar-refractivity contribution in [3.8, 4) is 11.3 Å². The van der Waals surface area contributed by atoms with Crippen LogP contribution in [-0.2, 0) is 22.1 Å². The van der Waals surface area contributed by atoms with E-state index in [9.17, 15) is 13.2 Å². The number of anilines is 2. The number of nitrogens with one attached hydrogen (secondary N) is 1. The van der Waals surface area contributed by atoms with Crippen molar-refractivity contribution in [3.63, 3.8) is 0 Å². The highest BCUT2D eigenvalue weighted by Gasteiger charge is 2.36. The van der Waals surface area contributed by atoms with E-state index in [1.807, 2.05) is 44.2 Å². The van der Waals surface area contributed by atoms with Crippen molar-refractivity contribution < 1.29 is 22.6 Å². The quantitative estimate of drug-likeness (QED) is 0.350. The molecule has 1 atom stereocenters. The Bertz CT molecular complexity index is 1270. The maximum absolute atomic E-state index is 13.9. The maximum Gasteiger partial charge on any atom is 0.418 e. The predicted octanol–water partition coefficient (Wildman–Crippen LogP) is 6.97. The van der Waals surface area contributed by atoms with Crippen molar-refractivity contribution in [2.45, 2.75) is 62.6 Å². The van der Waals surface area contributed by atoms with Gasteiger partial charge in [-0.2, -0.15) is 13.2 Å². The molecule has 4 heterocycles. The van der Waals surface area contributed by atoms with Gasteiger partial charge in [-0.3, -0.25) is 0 Å². The van der Waals surface area contributed by atoms with Crippen molar-refractivity contribution in [3.05, 3.63) is 65.7 Å². The molecule has 1 fully saturated rings. The van der Waals surface area contributed by atoms with E-state index in [1.54, 1.807) is 12.1 Å². The van der Waals surface area contributed by atoms with E-state index in [1.165, 1.54) is 18.0 Å². The van der Waals surface area contributed by atoms with Gasteiger partial charge in [0.25, 0.3) is 0 Å². The number of ether oxygens (including phenoxy) is 2. The number of fused-ring (bicyclic) bond motifs is 6. The van der Waals surface area contributed by atoms with Crippen LogP contribution in [0.1, 0.15) is 44.2 Å². The molecule has 0 amide bonds. The SMILES string of the molecule is CC1(C)OCC(CN2CCCCCc3ccccc3-c3nc(ccc3C(F)(F)F)NSc3cccc2n3)O1. The summed E-state index contributed by atoms with van der Waals surface area (Å²) in [6, 6.07) is 15.5. The van der Waals surface area contributed by atoms with Gasteiger partial charge < -0.3 is 19.1 Å². The molecule has 2 aliphatic heterocycles. The van der Waals surface area contributed by atoms with Crippen molar-refractivity contribution in [2.24, 2.45) is 0 Å². The highest BCUT2D eigenvalue weighted by molar-refractivity contribution is 8.00. The zero-order chi connectivity index (χ0) is 26.8. The molecule has 1 unspecified atom stereocenters. The molecule has 2 aliphatic rings. The first kappa shape index (κ1) is 26.8. The second kappa shape index (κ2) is 11.1. The van der Waals surface area contributed by atoms with E-state index in [0.717, 1.165) is 43.3 Å². The molecule has 3 aromatic rings. The first-order valence-electron chi connectivity index (χ1n) is 12.8. The van der Waals surface area contributed by atoms with Gasteiger partial charge in [0.15, 0.2) is 5.79 Å². The van der Waals surface area contributed by atoms with Crippen LogP contribution in [0.25, 0.3) is 11.3 Å². The van der Waals surface area contributed by atoms with Crippen molar-refractivity contribution in [1.29, 1.82) is 0 Å². The molecule has 202 valence electrons. The summed E-state index contributed by atoms with van der Waals surface area (Å²) in [5.74, 6) is 0.561. The fraction of sp³-hybridized carbons (Fsp3) is 0.429. The smallest absolute Gasteiger partial charge is 0.354 e. The van der Waals surface area contributed by atoms with Crippen LogP contribution in [0, 0.1) is 0 Å². The average molecular weight is 545 g/mol. The highest BCUT2D eigenvalue weighted by atomic mass is 32.2. The Labute approximate surface area is 225 Å². The molecule has 6 nitrogen and oxygen atoms in total. The lowest BCUT2D eigenvalue weighted by atomic mass is 9.96. The number of alkyl halides is 3. The second-order valence-electron chi connectivity index (χ2n) is 9.99. The summed E-state index contributed by atoms with van der Waals surface area (Å²) in [5, 5.41) is 0.687. The Kier molecular flexibility index (Phi) is 7.83. The Morgan fingerprint density at radius 1 is 1.03 bits per heavy atom. The van der Waals surface area contributed by atoms with Crippen LogP contribution in [0.4, 0.5) is 24.8 Å². The van der Waals surface area contributed by atoms with Crippen LogP contribution < -0.4 is 9.62 Å². The minimum Gasteiger partial charge on any atom is -0.354 e. The number of nitrogens with zero attached hydrogens (tertiary/aromatic N) is 3. The van der Waals surface area contributed by atoms with Crippen LogP contribution in [0.2, 0.25) is 0 Å². The molecule has 0 spiro atoms. The standard InChI is InChI=1S/C28H31F3N4O2S/c1-27(2)36-18-20(37-27)17-35-16-7-3-4-9-19-10-5-6-11-21(19)26-22(28(29,30)31)14-15-23(32-26)34-38-25-13-8-12-24(35)33-25/h5-6,8,10-15,20H,3-4,7,9,16-18H2,1-2H3,(H,32,34).